The molecular weight excluding hydrogens is 403 g/mol. The summed E-state index contributed by atoms with van der Waals surface area (Å²) in [6.07, 6.45) is 0.0970. The fraction of sp³-hybridized carbons (Fsp3) is 0.200. The minimum Gasteiger partial charge on any atom is -0.479 e. The van der Waals surface area contributed by atoms with E-state index in [9.17, 15) is 4.79 Å². The van der Waals surface area contributed by atoms with Crippen LogP contribution in [-0.2, 0) is 17.8 Å². The van der Waals surface area contributed by atoms with E-state index in [0.29, 0.717) is 22.3 Å². The Labute approximate surface area is 172 Å². The summed E-state index contributed by atoms with van der Waals surface area (Å²) >= 11 is 13.5. The highest BCUT2D eigenvalue weighted by Crippen LogP contribution is 2.28. The molecule has 0 bridgehead atoms. The molecule has 2 aromatic carbocycles. The van der Waals surface area contributed by atoms with Crippen LogP contribution in [0, 0.1) is 0 Å². The first-order valence-corrected chi connectivity index (χ1v) is 10.0. The Balaban J connectivity index is 1.51. The lowest BCUT2D eigenvalue weighted by atomic mass is 10.2. The predicted octanol–water partition coefficient (Wildman–Crippen LogP) is 5.12. The van der Waals surface area contributed by atoms with Gasteiger partial charge < -0.3 is 10.1 Å². The summed E-state index contributed by atoms with van der Waals surface area (Å²) in [5, 5.41) is 6.69. The molecule has 0 radical (unpaired) electrons. The first-order valence-electron chi connectivity index (χ1n) is 8.38. The van der Waals surface area contributed by atoms with Crippen LogP contribution >= 0.6 is 34.5 Å². The van der Waals surface area contributed by atoms with E-state index >= 15 is 0 Å². The predicted molar refractivity (Wildman–Crippen MR) is 110 cm³/mol. The van der Waals surface area contributed by atoms with Crippen molar-refractivity contribution in [2.75, 3.05) is 0 Å². The number of halogens is 2. The SMILES string of the molecule is CC(Oc1ccc(Cl)cc1Cl)C(=O)NCc1csc(Cc2ccccc2)n1. The molecule has 3 rings (SSSR count). The summed E-state index contributed by atoms with van der Waals surface area (Å²) in [7, 11) is 0. The van der Waals surface area contributed by atoms with Gasteiger partial charge in [-0.1, -0.05) is 53.5 Å². The van der Waals surface area contributed by atoms with Gasteiger partial charge in [0.05, 0.1) is 22.3 Å². The fourth-order valence-corrected chi connectivity index (χ4v) is 3.70. The van der Waals surface area contributed by atoms with Gasteiger partial charge in [0.1, 0.15) is 5.75 Å². The molecule has 0 aliphatic carbocycles. The third-order valence-electron chi connectivity index (χ3n) is 3.81. The molecule has 1 amide bonds. The van der Waals surface area contributed by atoms with E-state index in [-0.39, 0.29) is 5.91 Å². The van der Waals surface area contributed by atoms with Gasteiger partial charge in [0.25, 0.3) is 5.91 Å². The summed E-state index contributed by atoms with van der Waals surface area (Å²) < 4.78 is 5.61. The summed E-state index contributed by atoms with van der Waals surface area (Å²) in [6.45, 7) is 2.02. The van der Waals surface area contributed by atoms with Gasteiger partial charge in [-0.3, -0.25) is 4.79 Å². The maximum atomic E-state index is 12.3. The molecule has 0 fully saturated rings. The molecule has 1 unspecified atom stereocenters. The molecule has 140 valence electrons. The van der Waals surface area contributed by atoms with Crippen LogP contribution in [0.1, 0.15) is 23.2 Å². The van der Waals surface area contributed by atoms with Gasteiger partial charge in [-0.25, -0.2) is 4.98 Å². The lowest BCUT2D eigenvalue weighted by molar-refractivity contribution is -0.127. The van der Waals surface area contributed by atoms with Crippen LogP contribution in [0.2, 0.25) is 10.0 Å². The van der Waals surface area contributed by atoms with Crippen molar-refractivity contribution in [2.45, 2.75) is 26.0 Å². The maximum Gasteiger partial charge on any atom is 0.261 e. The Bertz CT molecular complexity index is 915. The van der Waals surface area contributed by atoms with E-state index in [2.05, 4.69) is 22.4 Å². The van der Waals surface area contributed by atoms with E-state index in [1.165, 1.54) is 5.56 Å². The summed E-state index contributed by atoms with van der Waals surface area (Å²) in [5.74, 6) is 0.182. The molecule has 4 nitrogen and oxygen atoms in total. The molecule has 27 heavy (non-hydrogen) atoms. The Morgan fingerprint density at radius 3 is 2.74 bits per heavy atom. The maximum absolute atomic E-state index is 12.3. The average Bonchev–Trinajstić information content (AvgIpc) is 3.10. The lowest BCUT2D eigenvalue weighted by Gasteiger charge is -2.15. The normalized spacial score (nSPS) is 11.8. The number of benzene rings is 2. The molecule has 0 aliphatic heterocycles. The average molecular weight is 421 g/mol. The molecule has 0 saturated carbocycles. The van der Waals surface area contributed by atoms with Gasteiger partial charge in [0.2, 0.25) is 0 Å². The largest absolute Gasteiger partial charge is 0.479 e. The number of aromatic nitrogens is 1. The number of carbonyl (C=O) groups is 1. The van der Waals surface area contributed by atoms with Gasteiger partial charge in [-0.15, -0.1) is 11.3 Å². The van der Waals surface area contributed by atoms with E-state index in [4.69, 9.17) is 27.9 Å². The quantitative estimate of drug-likeness (QED) is 0.576. The van der Waals surface area contributed by atoms with Crippen molar-refractivity contribution in [1.82, 2.24) is 10.3 Å². The number of nitrogens with one attached hydrogen (secondary N) is 1. The second-order valence-corrected chi connectivity index (χ2v) is 7.73. The van der Waals surface area contributed by atoms with Crippen LogP contribution in [-0.4, -0.2) is 17.0 Å². The standard InChI is InChI=1S/C20H18Cl2N2O2S/c1-13(26-18-8-7-15(21)10-17(18)22)20(25)23-11-16-12-27-19(24-16)9-14-5-3-2-4-6-14/h2-8,10,12-13H,9,11H2,1H3,(H,23,25). The number of amides is 1. The highest BCUT2D eigenvalue weighted by molar-refractivity contribution is 7.09. The molecule has 1 aromatic heterocycles. The third kappa shape index (κ3) is 5.70. The molecule has 1 heterocycles. The minimum atomic E-state index is -0.689. The topological polar surface area (TPSA) is 51.2 Å². The number of nitrogens with zero attached hydrogens (tertiary/aromatic N) is 1. The van der Waals surface area contributed by atoms with Crippen LogP contribution in [0.15, 0.2) is 53.9 Å². The molecule has 7 heteroatoms. The van der Waals surface area contributed by atoms with Crippen molar-refractivity contribution in [2.24, 2.45) is 0 Å². The van der Waals surface area contributed by atoms with Crippen molar-refractivity contribution < 1.29 is 9.53 Å². The van der Waals surface area contributed by atoms with Crippen LogP contribution in [0.3, 0.4) is 0 Å². The summed E-state index contributed by atoms with van der Waals surface area (Å²) in [5.41, 5.74) is 2.04. The first-order chi connectivity index (χ1) is 13.0. The Morgan fingerprint density at radius 1 is 1.22 bits per heavy atom. The van der Waals surface area contributed by atoms with Crippen LogP contribution < -0.4 is 10.1 Å². The highest BCUT2D eigenvalue weighted by atomic mass is 35.5. The summed E-state index contributed by atoms with van der Waals surface area (Å²) in [6, 6.07) is 15.0. The van der Waals surface area contributed by atoms with E-state index in [0.717, 1.165) is 17.1 Å². The van der Waals surface area contributed by atoms with Crippen molar-refractivity contribution in [3.8, 4) is 5.75 Å². The minimum absolute atomic E-state index is 0.237. The molecule has 3 aromatic rings. The zero-order valence-corrected chi connectivity index (χ0v) is 16.9. The number of rotatable bonds is 7. The fourth-order valence-electron chi connectivity index (χ4n) is 2.42. The zero-order chi connectivity index (χ0) is 19.2. The third-order valence-corrected chi connectivity index (χ3v) is 5.24. The van der Waals surface area contributed by atoms with Crippen LogP contribution in [0.5, 0.6) is 5.75 Å². The van der Waals surface area contributed by atoms with Crippen molar-refractivity contribution in [3.63, 3.8) is 0 Å². The number of thiazole rings is 1. The van der Waals surface area contributed by atoms with Gasteiger partial charge in [0.15, 0.2) is 6.10 Å². The van der Waals surface area contributed by atoms with E-state index in [1.54, 1.807) is 36.5 Å². The van der Waals surface area contributed by atoms with Gasteiger partial charge in [0, 0.05) is 16.8 Å². The molecule has 1 N–H and O–H groups in total. The zero-order valence-electron chi connectivity index (χ0n) is 14.6. The number of ether oxygens (including phenoxy) is 1. The highest BCUT2D eigenvalue weighted by Gasteiger charge is 2.16. The number of hydrogen-bond acceptors (Lipinski definition) is 4. The Morgan fingerprint density at radius 2 is 2.00 bits per heavy atom. The van der Waals surface area contributed by atoms with Crippen molar-refractivity contribution in [1.29, 1.82) is 0 Å². The molecule has 1 atom stereocenters. The molecular formula is C20H18Cl2N2O2S. The number of hydrogen-bond donors (Lipinski definition) is 1. The molecule has 0 spiro atoms. The number of carbonyl (C=O) groups excluding carboxylic acids is 1. The lowest BCUT2D eigenvalue weighted by Crippen LogP contribution is -2.36. The first kappa shape index (κ1) is 19.7. The van der Waals surface area contributed by atoms with Crippen molar-refractivity contribution in [3.05, 3.63) is 80.2 Å². The molecule has 0 aliphatic rings. The van der Waals surface area contributed by atoms with Gasteiger partial charge in [-0.05, 0) is 30.7 Å². The van der Waals surface area contributed by atoms with E-state index < -0.39 is 6.10 Å². The van der Waals surface area contributed by atoms with Gasteiger partial charge in [-0.2, -0.15) is 0 Å². The van der Waals surface area contributed by atoms with Crippen LogP contribution in [0.4, 0.5) is 0 Å². The summed E-state index contributed by atoms with van der Waals surface area (Å²) in [4.78, 5) is 16.8. The monoisotopic (exact) mass is 420 g/mol. The van der Waals surface area contributed by atoms with E-state index in [1.807, 2.05) is 23.6 Å². The Kier molecular flexibility index (Phi) is 6.72. The smallest absolute Gasteiger partial charge is 0.261 e. The second kappa shape index (κ2) is 9.22. The molecule has 0 saturated heterocycles. The second-order valence-electron chi connectivity index (χ2n) is 5.95. The van der Waals surface area contributed by atoms with Crippen molar-refractivity contribution >= 4 is 40.4 Å². The van der Waals surface area contributed by atoms with Gasteiger partial charge >= 0.3 is 0 Å². The van der Waals surface area contributed by atoms with Crippen LogP contribution in [0.25, 0.3) is 0 Å². The Hall–Kier alpha value is -2.08.